The second-order valence-electron chi connectivity index (χ2n) is 8.28. The van der Waals surface area contributed by atoms with E-state index in [0.29, 0.717) is 43.3 Å². The van der Waals surface area contributed by atoms with Gasteiger partial charge in [-0.1, -0.05) is 12.1 Å². The molecule has 1 fully saturated rings. The summed E-state index contributed by atoms with van der Waals surface area (Å²) in [6.45, 7) is 7.65. The lowest BCUT2D eigenvalue weighted by molar-refractivity contribution is -0.141. The van der Waals surface area contributed by atoms with E-state index in [1.807, 2.05) is 25.7 Å². The number of halogens is 1. The molecular formula is C22H27FN4O4. The van der Waals surface area contributed by atoms with Crippen LogP contribution in [-0.2, 0) is 14.3 Å². The predicted octanol–water partition coefficient (Wildman–Crippen LogP) is 2.98. The van der Waals surface area contributed by atoms with E-state index in [4.69, 9.17) is 9.47 Å². The highest BCUT2D eigenvalue weighted by molar-refractivity contribution is 5.82. The average molecular weight is 430 g/mol. The van der Waals surface area contributed by atoms with Crippen LogP contribution in [0.5, 0.6) is 0 Å². The highest BCUT2D eigenvalue weighted by Crippen LogP contribution is 2.26. The van der Waals surface area contributed by atoms with Gasteiger partial charge in [0.1, 0.15) is 17.3 Å². The van der Waals surface area contributed by atoms with Crippen LogP contribution >= 0.6 is 0 Å². The molecule has 31 heavy (non-hydrogen) atoms. The molecule has 1 amide bonds. The lowest BCUT2D eigenvalue weighted by Gasteiger charge is -2.35. The van der Waals surface area contributed by atoms with Gasteiger partial charge in [-0.15, -0.1) is 0 Å². The minimum absolute atomic E-state index is 0.330. The summed E-state index contributed by atoms with van der Waals surface area (Å²) in [5, 5.41) is 0. The molecule has 2 heterocycles. The topological polar surface area (TPSA) is 84.9 Å². The Morgan fingerprint density at radius 3 is 2.10 bits per heavy atom. The van der Waals surface area contributed by atoms with E-state index < -0.39 is 17.5 Å². The van der Waals surface area contributed by atoms with Gasteiger partial charge in [0.05, 0.1) is 7.11 Å². The van der Waals surface area contributed by atoms with Gasteiger partial charge < -0.3 is 19.3 Å². The molecule has 1 saturated heterocycles. The lowest BCUT2D eigenvalue weighted by atomic mass is 9.93. The number of hydrogen-bond donors (Lipinski definition) is 0. The van der Waals surface area contributed by atoms with Crippen molar-refractivity contribution in [2.75, 3.05) is 38.2 Å². The third-order valence-electron chi connectivity index (χ3n) is 4.85. The van der Waals surface area contributed by atoms with E-state index in [1.165, 1.54) is 19.2 Å². The minimum atomic E-state index is -0.747. The summed E-state index contributed by atoms with van der Waals surface area (Å²) < 4.78 is 23.6. The van der Waals surface area contributed by atoms with Crippen LogP contribution < -0.4 is 4.90 Å². The molecule has 0 saturated carbocycles. The van der Waals surface area contributed by atoms with E-state index in [1.54, 1.807) is 29.4 Å². The van der Waals surface area contributed by atoms with Gasteiger partial charge in [0.2, 0.25) is 5.95 Å². The van der Waals surface area contributed by atoms with Crippen molar-refractivity contribution in [3.05, 3.63) is 53.6 Å². The second-order valence-corrected chi connectivity index (χ2v) is 8.28. The van der Waals surface area contributed by atoms with Gasteiger partial charge >= 0.3 is 12.1 Å². The number of esters is 1. The van der Waals surface area contributed by atoms with Gasteiger partial charge in [-0.3, -0.25) is 4.79 Å². The van der Waals surface area contributed by atoms with Crippen molar-refractivity contribution in [3.63, 3.8) is 0 Å². The monoisotopic (exact) mass is 430 g/mol. The fraction of sp³-hybridized carbons (Fsp3) is 0.455. The zero-order chi connectivity index (χ0) is 22.6. The Balaban J connectivity index is 1.69. The molecule has 1 aliphatic rings. The van der Waals surface area contributed by atoms with Crippen LogP contribution in [0.2, 0.25) is 0 Å². The van der Waals surface area contributed by atoms with Gasteiger partial charge in [0, 0.05) is 44.1 Å². The van der Waals surface area contributed by atoms with Crippen LogP contribution in [0.15, 0.2) is 36.7 Å². The number of carbonyl (C=O) groups is 2. The molecule has 0 N–H and O–H groups in total. The van der Waals surface area contributed by atoms with Crippen molar-refractivity contribution >= 4 is 18.0 Å². The maximum absolute atomic E-state index is 13.3. The summed E-state index contributed by atoms with van der Waals surface area (Å²) in [5.74, 6) is -1.10. The standard InChI is InChI=1S/C22H27FN4O4/c1-22(2,3)31-21(29)27-11-9-26(10-12-27)20-24-13-16(14-25-20)18(19(28)30-4)15-5-7-17(23)8-6-15/h5-8,13-14,18H,9-12H2,1-4H3. The first kappa shape index (κ1) is 22.5. The van der Waals surface area contributed by atoms with Crippen molar-refractivity contribution in [1.29, 1.82) is 0 Å². The summed E-state index contributed by atoms with van der Waals surface area (Å²) >= 11 is 0. The van der Waals surface area contributed by atoms with Gasteiger partial charge in [-0.25, -0.2) is 19.2 Å². The van der Waals surface area contributed by atoms with E-state index in [2.05, 4.69) is 9.97 Å². The van der Waals surface area contributed by atoms with Crippen LogP contribution in [0.1, 0.15) is 37.8 Å². The largest absolute Gasteiger partial charge is 0.468 e. The Labute approximate surface area is 181 Å². The number of hydrogen-bond acceptors (Lipinski definition) is 7. The fourth-order valence-corrected chi connectivity index (χ4v) is 3.30. The van der Waals surface area contributed by atoms with Gasteiger partial charge in [0.15, 0.2) is 0 Å². The maximum atomic E-state index is 13.3. The summed E-state index contributed by atoms with van der Waals surface area (Å²) in [4.78, 5) is 37.0. The number of nitrogens with zero attached hydrogens (tertiary/aromatic N) is 4. The number of anilines is 1. The molecule has 2 aromatic rings. The first-order valence-electron chi connectivity index (χ1n) is 10.1. The van der Waals surface area contributed by atoms with Crippen molar-refractivity contribution in [2.24, 2.45) is 0 Å². The summed E-state index contributed by atoms with van der Waals surface area (Å²) in [5.41, 5.74) is 0.610. The molecule has 0 aliphatic carbocycles. The molecule has 0 spiro atoms. The van der Waals surface area contributed by atoms with E-state index in [0.717, 1.165) is 0 Å². The summed E-state index contributed by atoms with van der Waals surface area (Å²) in [7, 11) is 1.30. The highest BCUT2D eigenvalue weighted by Gasteiger charge is 2.28. The average Bonchev–Trinajstić information content (AvgIpc) is 2.74. The molecule has 3 rings (SSSR count). The first-order chi connectivity index (χ1) is 14.7. The van der Waals surface area contributed by atoms with Crippen LogP contribution in [-0.4, -0.2) is 65.8 Å². The Morgan fingerprint density at radius 1 is 1.00 bits per heavy atom. The maximum Gasteiger partial charge on any atom is 0.410 e. The first-order valence-corrected chi connectivity index (χ1v) is 10.1. The number of benzene rings is 1. The zero-order valence-corrected chi connectivity index (χ0v) is 18.2. The Hall–Kier alpha value is -3.23. The predicted molar refractivity (Wildman–Crippen MR) is 112 cm³/mol. The van der Waals surface area contributed by atoms with Crippen molar-refractivity contribution in [3.8, 4) is 0 Å². The number of piperazine rings is 1. The third-order valence-corrected chi connectivity index (χ3v) is 4.85. The van der Waals surface area contributed by atoms with Crippen LogP contribution in [0, 0.1) is 5.82 Å². The van der Waals surface area contributed by atoms with E-state index >= 15 is 0 Å². The number of amides is 1. The Bertz CT molecular complexity index is 905. The number of ether oxygens (including phenoxy) is 2. The third kappa shape index (κ3) is 5.68. The minimum Gasteiger partial charge on any atom is -0.468 e. The highest BCUT2D eigenvalue weighted by atomic mass is 19.1. The molecule has 0 bridgehead atoms. The molecule has 8 nitrogen and oxygen atoms in total. The Morgan fingerprint density at radius 2 is 1.58 bits per heavy atom. The second kappa shape index (κ2) is 9.28. The van der Waals surface area contributed by atoms with Gasteiger partial charge in [0.25, 0.3) is 0 Å². The molecule has 1 unspecified atom stereocenters. The van der Waals surface area contributed by atoms with Crippen LogP contribution in [0.4, 0.5) is 15.1 Å². The fourth-order valence-electron chi connectivity index (χ4n) is 3.30. The molecule has 1 aromatic heterocycles. The zero-order valence-electron chi connectivity index (χ0n) is 18.2. The van der Waals surface area contributed by atoms with E-state index in [9.17, 15) is 14.0 Å². The van der Waals surface area contributed by atoms with Crippen molar-refractivity contribution < 1.29 is 23.5 Å². The number of carbonyl (C=O) groups excluding carboxylic acids is 2. The number of rotatable bonds is 4. The van der Waals surface area contributed by atoms with Crippen LogP contribution in [0.25, 0.3) is 0 Å². The molecule has 1 atom stereocenters. The number of aromatic nitrogens is 2. The molecular weight excluding hydrogens is 403 g/mol. The van der Waals surface area contributed by atoms with Gasteiger partial charge in [-0.2, -0.15) is 0 Å². The van der Waals surface area contributed by atoms with Crippen LogP contribution in [0.3, 0.4) is 0 Å². The quantitative estimate of drug-likeness (QED) is 0.690. The molecule has 1 aliphatic heterocycles. The lowest BCUT2D eigenvalue weighted by Crippen LogP contribution is -2.50. The summed E-state index contributed by atoms with van der Waals surface area (Å²) in [6.07, 6.45) is 2.82. The summed E-state index contributed by atoms with van der Waals surface area (Å²) in [6, 6.07) is 5.68. The van der Waals surface area contributed by atoms with Crippen molar-refractivity contribution in [1.82, 2.24) is 14.9 Å². The molecule has 0 radical (unpaired) electrons. The SMILES string of the molecule is COC(=O)C(c1ccc(F)cc1)c1cnc(N2CCN(C(=O)OC(C)(C)C)CC2)nc1. The molecule has 9 heteroatoms. The smallest absolute Gasteiger partial charge is 0.410 e. The van der Waals surface area contributed by atoms with E-state index in [-0.39, 0.29) is 11.9 Å². The van der Waals surface area contributed by atoms with Crippen molar-refractivity contribution in [2.45, 2.75) is 32.3 Å². The number of methoxy groups -OCH3 is 1. The Kier molecular flexibility index (Phi) is 6.72. The normalized spacial score (nSPS) is 15.4. The molecule has 1 aromatic carbocycles. The van der Waals surface area contributed by atoms with Gasteiger partial charge in [-0.05, 0) is 38.5 Å². The molecule has 166 valence electrons.